The zero-order chi connectivity index (χ0) is 22.8. The molecule has 0 saturated carbocycles. The lowest BCUT2D eigenvalue weighted by atomic mass is 10.2. The third-order valence-corrected chi connectivity index (χ3v) is 5.93. The summed E-state index contributed by atoms with van der Waals surface area (Å²) in [4.78, 5) is 18.0. The molecule has 1 aromatic heterocycles. The second kappa shape index (κ2) is 8.87. The Labute approximate surface area is 192 Å². The predicted molar refractivity (Wildman–Crippen MR) is 124 cm³/mol. The minimum atomic E-state index is -0.406. The van der Waals surface area contributed by atoms with Gasteiger partial charge in [-0.1, -0.05) is 11.3 Å². The van der Waals surface area contributed by atoms with Gasteiger partial charge >= 0.3 is 0 Å². The molecule has 5 rings (SSSR count). The summed E-state index contributed by atoms with van der Waals surface area (Å²) >= 11 is 1.18. The van der Waals surface area contributed by atoms with Gasteiger partial charge < -0.3 is 14.2 Å². The first-order chi connectivity index (χ1) is 16.1. The molecule has 0 bridgehead atoms. The van der Waals surface area contributed by atoms with Crippen LogP contribution in [0.25, 0.3) is 10.2 Å². The summed E-state index contributed by atoms with van der Waals surface area (Å²) in [6, 6.07) is 16.5. The first-order valence-electron chi connectivity index (χ1n) is 10.1. The Balaban J connectivity index is 1.53. The van der Waals surface area contributed by atoms with Crippen molar-refractivity contribution in [3.8, 4) is 17.2 Å². The fourth-order valence-electron chi connectivity index (χ4n) is 3.28. The third kappa shape index (κ3) is 4.35. The van der Waals surface area contributed by atoms with Crippen molar-refractivity contribution >= 4 is 38.8 Å². The molecule has 1 amide bonds. The van der Waals surface area contributed by atoms with Gasteiger partial charge in [0.25, 0.3) is 5.91 Å². The van der Waals surface area contributed by atoms with Crippen LogP contribution in [0.2, 0.25) is 0 Å². The highest BCUT2D eigenvalue weighted by atomic mass is 32.1. The van der Waals surface area contributed by atoms with Gasteiger partial charge in [0.2, 0.25) is 5.13 Å². The summed E-state index contributed by atoms with van der Waals surface area (Å²) in [5.41, 5.74) is 1.70. The number of hydrazone groups is 1. The van der Waals surface area contributed by atoms with Crippen LogP contribution in [0.1, 0.15) is 15.9 Å². The van der Waals surface area contributed by atoms with Crippen LogP contribution >= 0.6 is 11.3 Å². The van der Waals surface area contributed by atoms with Crippen molar-refractivity contribution in [2.45, 2.75) is 0 Å². The molecule has 0 atom stereocenters. The normalized spacial score (nSPS) is 12.8. The van der Waals surface area contributed by atoms with Crippen LogP contribution in [-0.4, -0.2) is 37.4 Å². The van der Waals surface area contributed by atoms with E-state index in [-0.39, 0.29) is 5.82 Å². The summed E-state index contributed by atoms with van der Waals surface area (Å²) in [6.45, 7) is 0.869. The number of fused-ring (bicyclic) bond motifs is 2. The van der Waals surface area contributed by atoms with E-state index in [1.54, 1.807) is 49.7 Å². The van der Waals surface area contributed by atoms with Crippen molar-refractivity contribution < 1.29 is 23.4 Å². The van der Waals surface area contributed by atoms with Crippen molar-refractivity contribution in [1.29, 1.82) is 0 Å². The van der Waals surface area contributed by atoms with E-state index in [2.05, 4.69) is 10.1 Å². The molecule has 0 radical (unpaired) electrons. The molecule has 3 aromatic carbocycles. The SMILES string of the molecule is COc1ccc(/C=N/N(C(=O)c2ccc3c(c2)OCCO3)c2nc3ccc(F)cc3s2)cc1. The molecular weight excluding hydrogens is 445 g/mol. The Hall–Kier alpha value is -3.98. The molecule has 0 spiro atoms. The quantitative estimate of drug-likeness (QED) is 0.311. The lowest BCUT2D eigenvalue weighted by molar-refractivity contribution is 0.0986. The first kappa shape index (κ1) is 20.9. The van der Waals surface area contributed by atoms with Gasteiger partial charge in [0.15, 0.2) is 11.5 Å². The van der Waals surface area contributed by atoms with Crippen LogP contribution in [0.4, 0.5) is 9.52 Å². The smallest absolute Gasteiger partial charge is 0.280 e. The average molecular weight is 463 g/mol. The maximum Gasteiger partial charge on any atom is 0.280 e. The number of carbonyl (C=O) groups excluding carboxylic acids is 1. The fourth-order valence-corrected chi connectivity index (χ4v) is 4.23. The molecule has 0 unspecified atom stereocenters. The highest BCUT2D eigenvalue weighted by Gasteiger charge is 2.23. The van der Waals surface area contributed by atoms with E-state index in [9.17, 15) is 9.18 Å². The molecule has 1 aliphatic heterocycles. The number of aromatic nitrogens is 1. The van der Waals surface area contributed by atoms with Crippen molar-refractivity contribution in [2.24, 2.45) is 5.10 Å². The van der Waals surface area contributed by atoms with Gasteiger partial charge in [-0.15, -0.1) is 0 Å². The molecule has 0 N–H and O–H groups in total. The highest BCUT2D eigenvalue weighted by molar-refractivity contribution is 7.22. The minimum Gasteiger partial charge on any atom is -0.497 e. The van der Waals surface area contributed by atoms with Crippen LogP contribution < -0.4 is 19.2 Å². The number of carbonyl (C=O) groups is 1. The standard InChI is InChI=1S/C24H18FN3O4S/c1-30-18-6-2-15(3-7-18)14-26-28(24-27-19-8-5-17(25)13-22(19)33-24)23(29)16-4-9-20-21(12-16)32-11-10-31-20/h2-9,12-14H,10-11H2,1H3/b26-14+. The first-order valence-corrected chi connectivity index (χ1v) is 10.9. The van der Waals surface area contributed by atoms with E-state index in [0.717, 1.165) is 5.56 Å². The summed E-state index contributed by atoms with van der Waals surface area (Å²) in [6.07, 6.45) is 1.56. The number of rotatable bonds is 5. The molecule has 0 aliphatic carbocycles. The Kier molecular flexibility index (Phi) is 5.62. The van der Waals surface area contributed by atoms with Crippen molar-refractivity contribution in [1.82, 2.24) is 4.98 Å². The van der Waals surface area contributed by atoms with E-state index >= 15 is 0 Å². The van der Waals surface area contributed by atoms with Crippen molar-refractivity contribution in [2.75, 3.05) is 25.3 Å². The maximum absolute atomic E-state index is 13.7. The van der Waals surface area contributed by atoms with Gasteiger partial charge in [0.05, 0.1) is 23.5 Å². The number of hydrogen-bond acceptors (Lipinski definition) is 7. The van der Waals surface area contributed by atoms with Crippen LogP contribution in [0.5, 0.6) is 17.2 Å². The van der Waals surface area contributed by atoms with E-state index in [1.165, 1.54) is 28.5 Å². The summed E-state index contributed by atoms with van der Waals surface area (Å²) in [7, 11) is 1.59. The van der Waals surface area contributed by atoms with Crippen LogP contribution in [0, 0.1) is 5.82 Å². The highest BCUT2D eigenvalue weighted by Crippen LogP contribution is 2.34. The topological polar surface area (TPSA) is 73.2 Å². The van der Waals surface area contributed by atoms with Crippen LogP contribution in [-0.2, 0) is 0 Å². The number of ether oxygens (including phenoxy) is 3. The molecular formula is C24H18FN3O4S. The molecule has 9 heteroatoms. The Bertz CT molecular complexity index is 1350. The van der Waals surface area contributed by atoms with Gasteiger partial charge in [-0.25, -0.2) is 9.37 Å². The number of amides is 1. The number of methoxy groups -OCH3 is 1. The van der Waals surface area contributed by atoms with E-state index in [1.807, 2.05) is 12.1 Å². The number of nitrogens with zero attached hydrogens (tertiary/aromatic N) is 3. The van der Waals surface area contributed by atoms with Gasteiger partial charge in [0.1, 0.15) is 24.8 Å². The molecule has 0 fully saturated rings. The van der Waals surface area contributed by atoms with E-state index in [0.29, 0.717) is 51.4 Å². The molecule has 33 heavy (non-hydrogen) atoms. The zero-order valence-electron chi connectivity index (χ0n) is 17.5. The number of thiazole rings is 1. The zero-order valence-corrected chi connectivity index (χ0v) is 18.3. The van der Waals surface area contributed by atoms with Gasteiger partial charge in [-0.3, -0.25) is 4.79 Å². The van der Waals surface area contributed by atoms with Crippen molar-refractivity contribution in [3.63, 3.8) is 0 Å². The second-order valence-electron chi connectivity index (χ2n) is 7.10. The molecule has 4 aromatic rings. The predicted octanol–water partition coefficient (Wildman–Crippen LogP) is 4.90. The monoisotopic (exact) mass is 463 g/mol. The Morgan fingerprint density at radius 2 is 1.88 bits per heavy atom. The van der Waals surface area contributed by atoms with Gasteiger partial charge in [-0.2, -0.15) is 10.1 Å². The van der Waals surface area contributed by atoms with Gasteiger partial charge in [0, 0.05) is 5.56 Å². The van der Waals surface area contributed by atoms with Crippen LogP contribution in [0.15, 0.2) is 65.8 Å². The summed E-state index contributed by atoms with van der Waals surface area (Å²) in [5.74, 6) is 1.02. The lowest BCUT2D eigenvalue weighted by Gasteiger charge is -2.20. The molecule has 7 nitrogen and oxygen atoms in total. The second-order valence-corrected chi connectivity index (χ2v) is 8.11. The average Bonchev–Trinajstić information content (AvgIpc) is 3.27. The van der Waals surface area contributed by atoms with E-state index in [4.69, 9.17) is 14.2 Å². The van der Waals surface area contributed by atoms with E-state index < -0.39 is 5.91 Å². The van der Waals surface area contributed by atoms with Gasteiger partial charge in [-0.05, 0) is 66.2 Å². The Morgan fingerprint density at radius 3 is 2.67 bits per heavy atom. The fraction of sp³-hybridized carbons (Fsp3) is 0.125. The summed E-state index contributed by atoms with van der Waals surface area (Å²) < 4.78 is 30.6. The number of hydrogen-bond donors (Lipinski definition) is 0. The maximum atomic E-state index is 13.7. The minimum absolute atomic E-state index is 0.320. The molecule has 0 saturated heterocycles. The van der Waals surface area contributed by atoms with Crippen molar-refractivity contribution in [3.05, 3.63) is 77.6 Å². The third-order valence-electron chi connectivity index (χ3n) is 4.94. The lowest BCUT2D eigenvalue weighted by Crippen LogP contribution is -2.26. The number of anilines is 1. The number of halogens is 1. The largest absolute Gasteiger partial charge is 0.497 e. The number of benzene rings is 3. The van der Waals surface area contributed by atoms with Crippen LogP contribution in [0.3, 0.4) is 0 Å². The Morgan fingerprint density at radius 1 is 1.09 bits per heavy atom. The summed E-state index contributed by atoms with van der Waals surface area (Å²) in [5, 5.41) is 5.95. The molecule has 166 valence electrons. The molecule has 1 aliphatic rings. The molecule has 2 heterocycles.